The molecule has 2 aliphatic heterocycles. The van der Waals surface area contributed by atoms with Crippen molar-refractivity contribution in [1.82, 2.24) is 20.6 Å². The van der Waals surface area contributed by atoms with Gasteiger partial charge in [-0.3, -0.25) is 5.32 Å². The summed E-state index contributed by atoms with van der Waals surface area (Å²) in [6, 6.07) is 4.47. The molecule has 2 fully saturated rings. The number of ether oxygens (including phenoxy) is 1. The molecule has 0 radical (unpaired) electrons. The van der Waals surface area contributed by atoms with E-state index in [0.29, 0.717) is 23.6 Å². The number of benzene rings is 1. The summed E-state index contributed by atoms with van der Waals surface area (Å²) in [6.07, 6.45) is 9.30. The summed E-state index contributed by atoms with van der Waals surface area (Å²) in [6.45, 7) is 8.81. The van der Waals surface area contributed by atoms with Crippen LogP contribution in [0.25, 0.3) is 0 Å². The number of hydrogen-bond acceptors (Lipinski definition) is 7. The zero-order chi connectivity index (χ0) is 23.9. The minimum Gasteiger partial charge on any atom is -0.494 e. The Morgan fingerprint density at radius 2 is 1.76 bits per heavy atom. The normalized spacial score (nSPS) is 18.8. The first-order chi connectivity index (χ1) is 16.5. The van der Waals surface area contributed by atoms with E-state index >= 15 is 0 Å². The number of piperidine rings is 2. The van der Waals surface area contributed by atoms with Crippen molar-refractivity contribution in [2.24, 2.45) is 5.92 Å². The maximum Gasteiger partial charge on any atom is 0.225 e. The van der Waals surface area contributed by atoms with E-state index in [1.54, 1.807) is 12.4 Å². The molecule has 0 spiro atoms. The molecule has 4 rings (SSSR count). The van der Waals surface area contributed by atoms with Crippen LogP contribution < -0.4 is 20.3 Å². The van der Waals surface area contributed by atoms with Gasteiger partial charge in [-0.25, -0.2) is 9.97 Å². The highest BCUT2D eigenvalue weighted by atomic mass is 35.5. The van der Waals surface area contributed by atoms with Gasteiger partial charge in [-0.05, 0) is 94.6 Å². The Bertz CT molecular complexity index is 889. The number of halogens is 1. The summed E-state index contributed by atoms with van der Waals surface area (Å²) in [5.41, 5.74) is 3.11. The topological polar surface area (TPSA) is 82.5 Å². The molecule has 0 aliphatic carbocycles. The number of anilines is 1. The summed E-state index contributed by atoms with van der Waals surface area (Å²) in [4.78, 5) is 10.9. The maximum atomic E-state index is 10.8. The summed E-state index contributed by atoms with van der Waals surface area (Å²) < 4.78 is 6.09. The Balaban J connectivity index is 1.19. The molecule has 3 N–H and O–H groups in total. The second kappa shape index (κ2) is 12.2. The Hall–Kier alpha value is -1.93. The fraction of sp³-hybridized carbons (Fsp3) is 0.615. The molecule has 8 heteroatoms. The monoisotopic (exact) mass is 487 g/mol. The number of nitrogens with one attached hydrogen (secondary N) is 2. The highest BCUT2D eigenvalue weighted by molar-refractivity contribution is 6.30. The third kappa shape index (κ3) is 6.81. The number of nitrogens with zero attached hydrogens (tertiary/aromatic N) is 3. The summed E-state index contributed by atoms with van der Waals surface area (Å²) in [7, 11) is 0. The van der Waals surface area contributed by atoms with Crippen molar-refractivity contribution in [3.05, 3.63) is 46.2 Å². The Morgan fingerprint density at radius 3 is 2.41 bits per heavy atom. The van der Waals surface area contributed by atoms with E-state index in [0.717, 1.165) is 86.7 Å². The largest absolute Gasteiger partial charge is 0.494 e. The van der Waals surface area contributed by atoms with E-state index in [1.807, 2.05) is 0 Å². The van der Waals surface area contributed by atoms with Crippen molar-refractivity contribution < 1.29 is 9.84 Å². The van der Waals surface area contributed by atoms with Crippen molar-refractivity contribution in [3.63, 3.8) is 0 Å². The molecule has 186 valence electrons. The zero-order valence-electron chi connectivity index (χ0n) is 20.4. The molecule has 2 saturated heterocycles. The van der Waals surface area contributed by atoms with E-state index < -0.39 is 6.23 Å². The third-order valence-electron chi connectivity index (χ3n) is 7.10. The number of aliphatic hydroxyl groups is 1. The molecule has 0 amide bonds. The molecule has 34 heavy (non-hydrogen) atoms. The van der Waals surface area contributed by atoms with Crippen LogP contribution in [0.4, 0.5) is 5.95 Å². The number of rotatable bonds is 9. The van der Waals surface area contributed by atoms with Gasteiger partial charge in [-0.15, -0.1) is 0 Å². The predicted octanol–water partition coefficient (Wildman–Crippen LogP) is 4.15. The molecule has 0 saturated carbocycles. The Morgan fingerprint density at radius 1 is 1.12 bits per heavy atom. The number of aryl methyl sites for hydroxylation is 2. The average molecular weight is 488 g/mol. The molecular formula is C26H38ClN5O2. The minimum absolute atomic E-state index is 0.358. The van der Waals surface area contributed by atoms with Crippen molar-refractivity contribution in [2.75, 3.05) is 37.7 Å². The van der Waals surface area contributed by atoms with E-state index in [4.69, 9.17) is 16.3 Å². The average Bonchev–Trinajstić information content (AvgIpc) is 2.83. The molecular weight excluding hydrogens is 450 g/mol. The molecule has 3 heterocycles. The molecule has 2 aliphatic rings. The van der Waals surface area contributed by atoms with E-state index in [9.17, 15) is 5.11 Å². The van der Waals surface area contributed by atoms with Crippen LogP contribution in [0.3, 0.4) is 0 Å². The second-order valence-corrected chi connectivity index (χ2v) is 10.1. The highest BCUT2D eigenvalue weighted by Gasteiger charge is 2.22. The van der Waals surface area contributed by atoms with Gasteiger partial charge in [0.1, 0.15) is 12.0 Å². The van der Waals surface area contributed by atoms with Crippen LogP contribution in [0.15, 0.2) is 24.5 Å². The first-order valence-electron chi connectivity index (χ1n) is 12.6. The lowest BCUT2D eigenvalue weighted by atomic mass is 9.92. The van der Waals surface area contributed by atoms with Crippen LogP contribution in [-0.4, -0.2) is 53.9 Å². The molecule has 7 nitrogen and oxygen atoms in total. The van der Waals surface area contributed by atoms with Gasteiger partial charge in [0.05, 0.1) is 24.0 Å². The van der Waals surface area contributed by atoms with Crippen molar-refractivity contribution in [2.45, 2.75) is 64.6 Å². The standard InChI is InChI=1S/C26H38ClN5O2/c1-18-14-23(15-19(2)24(18)25(33)31-22-5-9-28-10-6-22)34-13-3-4-20-7-11-32(12-8-20)26-29-16-21(27)17-30-26/h14-17,20,22,25,28,31,33H,3-13H2,1-2H3. The molecule has 1 atom stereocenters. The van der Waals surface area contributed by atoms with Crippen LogP contribution in [0.5, 0.6) is 5.75 Å². The minimum atomic E-state index is -0.638. The summed E-state index contributed by atoms with van der Waals surface area (Å²) >= 11 is 5.89. The van der Waals surface area contributed by atoms with Crippen molar-refractivity contribution in [3.8, 4) is 5.75 Å². The van der Waals surface area contributed by atoms with E-state index in [2.05, 4.69) is 51.5 Å². The highest BCUT2D eigenvalue weighted by Crippen LogP contribution is 2.28. The first-order valence-corrected chi connectivity index (χ1v) is 13.0. The molecule has 1 unspecified atom stereocenters. The van der Waals surface area contributed by atoms with Gasteiger partial charge in [0.25, 0.3) is 0 Å². The third-order valence-corrected chi connectivity index (χ3v) is 7.30. The molecule has 0 bridgehead atoms. The maximum absolute atomic E-state index is 10.8. The Labute approximate surface area is 208 Å². The van der Waals surface area contributed by atoms with Crippen molar-refractivity contribution >= 4 is 17.5 Å². The molecule has 1 aromatic carbocycles. The Kier molecular flexibility index (Phi) is 9.00. The first kappa shape index (κ1) is 25.2. The smallest absolute Gasteiger partial charge is 0.225 e. The quantitative estimate of drug-likeness (QED) is 0.362. The van der Waals surface area contributed by atoms with E-state index in [-0.39, 0.29) is 0 Å². The summed E-state index contributed by atoms with van der Waals surface area (Å²) in [5.74, 6) is 2.38. The lowest BCUT2D eigenvalue weighted by Crippen LogP contribution is -2.41. The van der Waals surface area contributed by atoms with E-state index in [1.165, 1.54) is 6.42 Å². The lowest BCUT2D eigenvalue weighted by molar-refractivity contribution is 0.114. The fourth-order valence-corrected chi connectivity index (χ4v) is 5.29. The van der Waals surface area contributed by atoms with Gasteiger partial charge < -0.3 is 20.1 Å². The second-order valence-electron chi connectivity index (χ2n) is 9.69. The van der Waals surface area contributed by atoms with Crippen LogP contribution in [0.1, 0.15) is 61.4 Å². The van der Waals surface area contributed by atoms with Crippen LogP contribution in [-0.2, 0) is 0 Å². The van der Waals surface area contributed by atoms with Crippen LogP contribution in [0.2, 0.25) is 5.02 Å². The fourth-order valence-electron chi connectivity index (χ4n) is 5.20. The number of aliphatic hydroxyl groups excluding tert-OH is 1. The SMILES string of the molecule is Cc1cc(OCCCC2CCN(c3ncc(Cl)cn3)CC2)cc(C)c1C(O)NC1CCNCC1. The van der Waals surface area contributed by atoms with Gasteiger partial charge in [0.2, 0.25) is 5.95 Å². The zero-order valence-corrected chi connectivity index (χ0v) is 21.2. The van der Waals surface area contributed by atoms with Gasteiger partial charge in [-0.2, -0.15) is 0 Å². The molecule has 1 aromatic heterocycles. The molecule has 2 aromatic rings. The number of hydrogen-bond donors (Lipinski definition) is 3. The summed E-state index contributed by atoms with van der Waals surface area (Å²) in [5, 5.41) is 18.1. The van der Waals surface area contributed by atoms with Crippen molar-refractivity contribution in [1.29, 1.82) is 0 Å². The lowest BCUT2D eigenvalue weighted by Gasteiger charge is -2.32. The van der Waals surface area contributed by atoms with Crippen LogP contribution >= 0.6 is 11.6 Å². The van der Waals surface area contributed by atoms with Gasteiger partial charge in [0, 0.05) is 24.7 Å². The van der Waals surface area contributed by atoms with Gasteiger partial charge in [0.15, 0.2) is 0 Å². The van der Waals surface area contributed by atoms with Gasteiger partial charge in [-0.1, -0.05) is 11.6 Å². The van der Waals surface area contributed by atoms with Gasteiger partial charge >= 0.3 is 0 Å². The predicted molar refractivity (Wildman–Crippen MR) is 137 cm³/mol. The van der Waals surface area contributed by atoms with Crippen LogP contribution in [0, 0.1) is 19.8 Å². The number of aromatic nitrogens is 2.